The maximum atomic E-state index is 9.05. The van der Waals surface area contributed by atoms with Crippen LogP contribution in [0.4, 0.5) is 0 Å². The second-order valence-corrected chi connectivity index (χ2v) is 7.86. The van der Waals surface area contributed by atoms with Gasteiger partial charge in [-0.3, -0.25) is 0 Å². The molecule has 3 rings (SSSR count). The Balaban J connectivity index is 0.00000210. The maximum Gasteiger partial charge on any atom is 0.0978 e. The van der Waals surface area contributed by atoms with Gasteiger partial charge in [0, 0.05) is 79.7 Å². The molecule has 0 aromatic carbocycles. The van der Waals surface area contributed by atoms with Gasteiger partial charge in [0.05, 0.1) is 6.17 Å². The molecule has 0 saturated carbocycles. The minimum atomic E-state index is 0. The quantitative estimate of drug-likeness (QED) is 0.309. The minimum Gasteiger partial charge on any atom is -0.508 e. The average molecular weight is 501 g/mol. The number of nitrogens with one attached hydrogen (secondary N) is 1. The van der Waals surface area contributed by atoms with Gasteiger partial charge >= 0.3 is 0 Å². The van der Waals surface area contributed by atoms with Crippen molar-refractivity contribution in [2.24, 2.45) is 0 Å². The molecule has 0 bridgehead atoms. The maximum absolute atomic E-state index is 9.05. The minimum absolute atomic E-state index is 0. The third kappa shape index (κ3) is 7.81. The fourth-order valence-electron chi connectivity index (χ4n) is 4.18. The Morgan fingerprint density at radius 2 is 1.52 bits per heavy atom. The third-order valence-corrected chi connectivity index (χ3v) is 5.74. The van der Waals surface area contributed by atoms with E-state index in [1.807, 2.05) is 0 Å². The molecular weight excluding hydrogens is 462 g/mol. The first-order valence-electron chi connectivity index (χ1n) is 10.4. The summed E-state index contributed by atoms with van der Waals surface area (Å²) in [6.45, 7) is 8.69. The molecule has 173 valence electrons. The zero-order chi connectivity index (χ0) is 19.1. The van der Waals surface area contributed by atoms with Crippen LogP contribution in [0.2, 0.25) is 0 Å². The molecule has 3 aliphatic rings. The Labute approximate surface area is 192 Å². The van der Waals surface area contributed by atoms with Gasteiger partial charge in [-0.25, -0.2) is 0 Å². The zero-order valence-corrected chi connectivity index (χ0v) is 19.4. The summed E-state index contributed by atoms with van der Waals surface area (Å²) < 4.78 is 0. The van der Waals surface area contributed by atoms with Crippen molar-refractivity contribution in [3.8, 4) is 0 Å². The molecule has 3 atom stereocenters. The molecule has 3 heterocycles. The summed E-state index contributed by atoms with van der Waals surface area (Å²) in [6.07, 6.45) is 14.3. The molecule has 1 fully saturated rings. The molecule has 3 N–H and O–H groups in total. The monoisotopic (exact) mass is 500 g/mol. The topological polar surface area (TPSA) is 65.5 Å². The second-order valence-electron chi connectivity index (χ2n) is 7.86. The number of hydrogen-bond donors (Lipinski definition) is 3. The number of nitrogens with zero attached hydrogens (tertiary/aromatic N) is 4. The predicted molar refractivity (Wildman–Crippen MR) is 113 cm³/mol. The standard InChI is InChI=1S/C20H36N5O2.CH3.Ag/c1-18-24(8-4-14-27)11-12-25(18)16-20-6-2-5-19(21-20)15-23-10-9-22(17-23)7-3-13-26;;/h9-12,17-21,26-27H,2-8,13-16H2,1H3;1H3;/q2*-1;. The van der Waals surface area contributed by atoms with Gasteiger partial charge in [-0.05, 0) is 51.6 Å². The van der Waals surface area contributed by atoms with Crippen molar-refractivity contribution in [3.05, 3.63) is 38.9 Å². The smallest absolute Gasteiger partial charge is 0.0978 e. The van der Waals surface area contributed by atoms with E-state index in [0.29, 0.717) is 18.2 Å². The molecule has 7 nitrogen and oxygen atoms in total. The van der Waals surface area contributed by atoms with Crippen LogP contribution in [-0.2, 0) is 22.4 Å². The van der Waals surface area contributed by atoms with Crippen LogP contribution in [-0.4, -0.2) is 87.5 Å². The summed E-state index contributed by atoms with van der Waals surface area (Å²) in [5.41, 5.74) is 0. The van der Waals surface area contributed by atoms with Crippen molar-refractivity contribution in [3.63, 3.8) is 0 Å². The Bertz CT molecular complexity index is 507. The largest absolute Gasteiger partial charge is 0.508 e. The van der Waals surface area contributed by atoms with Gasteiger partial charge in [-0.15, -0.1) is 0 Å². The van der Waals surface area contributed by atoms with Gasteiger partial charge in [0.25, 0.3) is 0 Å². The Morgan fingerprint density at radius 3 is 2.24 bits per heavy atom. The molecule has 0 aliphatic carbocycles. The molecule has 0 amide bonds. The summed E-state index contributed by atoms with van der Waals surface area (Å²) in [5.74, 6) is 0. The van der Waals surface area contributed by atoms with Crippen LogP contribution in [0.15, 0.2) is 24.8 Å². The van der Waals surface area contributed by atoms with E-state index >= 15 is 0 Å². The van der Waals surface area contributed by atoms with Gasteiger partial charge in [0.2, 0.25) is 0 Å². The van der Waals surface area contributed by atoms with E-state index in [9.17, 15) is 0 Å². The van der Waals surface area contributed by atoms with E-state index in [1.165, 1.54) is 19.3 Å². The van der Waals surface area contributed by atoms with E-state index in [4.69, 9.17) is 10.2 Å². The molecular formula is C21H39AgN5O2-2. The molecule has 3 aliphatic heterocycles. The van der Waals surface area contributed by atoms with Crippen LogP contribution in [0, 0.1) is 14.1 Å². The number of rotatable bonds is 10. The SMILES string of the molecule is CC1N(CCCO)C=CN1CC1CCCC(CN2C=CN(CCCO)[CH-]2)N1.[Ag].[CH3-]. The summed E-state index contributed by atoms with van der Waals surface area (Å²) >= 11 is 0. The van der Waals surface area contributed by atoms with Crippen molar-refractivity contribution in [1.29, 1.82) is 0 Å². The van der Waals surface area contributed by atoms with Crippen LogP contribution in [0.3, 0.4) is 0 Å². The number of hydrogen-bond acceptors (Lipinski definition) is 7. The van der Waals surface area contributed by atoms with Gasteiger partial charge in [0.15, 0.2) is 0 Å². The van der Waals surface area contributed by atoms with Crippen LogP contribution in [0.5, 0.6) is 0 Å². The van der Waals surface area contributed by atoms with E-state index in [1.54, 1.807) is 0 Å². The van der Waals surface area contributed by atoms with Crippen molar-refractivity contribution < 1.29 is 32.6 Å². The Morgan fingerprint density at radius 1 is 0.897 bits per heavy atom. The van der Waals surface area contributed by atoms with Gasteiger partial charge in [0.1, 0.15) is 0 Å². The van der Waals surface area contributed by atoms with Crippen molar-refractivity contribution >= 4 is 0 Å². The first kappa shape index (κ1) is 26.3. The molecule has 3 unspecified atom stereocenters. The number of aliphatic hydroxyl groups excluding tert-OH is 2. The average Bonchev–Trinajstić information content (AvgIpc) is 3.26. The van der Waals surface area contributed by atoms with Crippen LogP contribution in [0.1, 0.15) is 39.0 Å². The van der Waals surface area contributed by atoms with Crippen LogP contribution < -0.4 is 5.32 Å². The molecule has 0 aromatic rings. The summed E-state index contributed by atoms with van der Waals surface area (Å²) in [6, 6.07) is 1.03. The van der Waals surface area contributed by atoms with Gasteiger partial charge in [-0.2, -0.15) is 6.67 Å². The molecule has 29 heavy (non-hydrogen) atoms. The Kier molecular flexibility index (Phi) is 12.3. The fraction of sp³-hybridized carbons (Fsp3) is 0.714. The summed E-state index contributed by atoms with van der Waals surface area (Å²) in [5, 5.41) is 21.9. The zero-order valence-electron chi connectivity index (χ0n) is 17.9. The third-order valence-electron chi connectivity index (χ3n) is 5.74. The van der Waals surface area contributed by atoms with Crippen molar-refractivity contribution in [2.45, 2.75) is 57.3 Å². The molecule has 1 saturated heterocycles. The van der Waals surface area contributed by atoms with Gasteiger partial charge in [-0.1, -0.05) is 6.42 Å². The van der Waals surface area contributed by atoms with Crippen LogP contribution in [0.25, 0.3) is 0 Å². The molecule has 0 spiro atoms. The van der Waals surface area contributed by atoms with E-state index < -0.39 is 0 Å². The van der Waals surface area contributed by atoms with Gasteiger partial charge < -0.3 is 42.6 Å². The first-order chi connectivity index (χ1) is 13.2. The molecule has 0 aromatic heterocycles. The van der Waals surface area contributed by atoms with Crippen molar-refractivity contribution in [1.82, 2.24) is 24.9 Å². The van der Waals surface area contributed by atoms with Crippen molar-refractivity contribution in [2.75, 3.05) is 39.4 Å². The summed E-state index contributed by atoms with van der Waals surface area (Å²) in [4.78, 5) is 9.12. The van der Waals surface area contributed by atoms with E-state index in [0.717, 1.165) is 39.0 Å². The Hall–Kier alpha value is -0.700. The second kappa shape index (κ2) is 13.6. The number of aliphatic hydroxyl groups is 2. The predicted octanol–water partition coefficient (Wildman–Crippen LogP) is 1.35. The first-order valence-corrected chi connectivity index (χ1v) is 10.4. The molecule has 1 radical (unpaired) electrons. The number of piperidine rings is 1. The van der Waals surface area contributed by atoms with Crippen LogP contribution >= 0.6 is 0 Å². The van der Waals surface area contributed by atoms with E-state index in [2.05, 4.69) is 63.3 Å². The summed E-state index contributed by atoms with van der Waals surface area (Å²) in [7, 11) is 0. The molecule has 8 heteroatoms. The van der Waals surface area contributed by atoms with E-state index in [-0.39, 0.29) is 43.0 Å². The fourth-order valence-corrected chi connectivity index (χ4v) is 4.18. The normalized spacial score (nSPS) is 26.1.